The van der Waals surface area contributed by atoms with Crippen LogP contribution in [0.25, 0.3) is 5.52 Å². The van der Waals surface area contributed by atoms with Crippen LogP contribution in [-0.4, -0.2) is 27.7 Å². The molecule has 0 fully saturated rings. The summed E-state index contributed by atoms with van der Waals surface area (Å²) in [5.74, 6) is 0.00190. The number of carbonyl (C=O) groups excluding carboxylic acids is 2. The molecule has 0 aliphatic heterocycles. The third-order valence-electron chi connectivity index (χ3n) is 3.87. The molecule has 0 aromatic carbocycles. The lowest BCUT2D eigenvalue weighted by atomic mass is 10.2. The van der Waals surface area contributed by atoms with E-state index in [1.807, 2.05) is 6.07 Å². The number of pyridine rings is 1. The van der Waals surface area contributed by atoms with Gasteiger partial charge in [-0.3, -0.25) is 4.79 Å². The number of anilines is 1. The summed E-state index contributed by atoms with van der Waals surface area (Å²) in [6.45, 7) is 5.11. The Labute approximate surface area is 139 Å². The zero-order valence-electron chi connectivity index (χ0n) is 13.9. The molecule has 1 aliphatic carbocycles. The molecule has 0 atom stereocenters. The monoisotopic (exact) mass is 326 g/mol. The molecule has 2 aromatic heterocycles. The Balaban J connectivity index is 2.13. The molecular weight excluding hydrogens is 308 g/mol. The van der Waals surface area contributed by atoms with E-state index in [4.69, 9.17) is 4.74 Å². The van der Waals surface area contributed by atoms with E-state index >= 15 is 0 Å². The molecule has 0 N–H and O–H groups in total. The van der Waals surface area contributed by atoms with Crippen LogP contribution in [-0.2, 0) is 22.4 Å². The Morgan fingerprint density at radius 1 is 1.42 bits per heavy atom. The molecule has 124 valence electrons. The SMILES string of the molecule is CC(C)(C)OC(=O)N(C=O)c1nn2c3c(ccc2c1C#N)CCC3. The van der Waals surface area contributed by atoms with E-state index in [1.165, 1.54) is 5.56 Å². The summed E-state index contributed by atoms with van der Waals surface area (Å²) < 4.78 is 6.89. The minimum absolute atomic E-state index is 0.00190. The number of ether oxygens (including phenoxy) is 1. The Kier molecular flexibility index (Phi) is 3.76. The van der Waals surface area contributed by atoms with Crippen LogP contribution in [0.3, 0.4) is 0 Å². The highest BCUT2D eigenvalue weighted by Gasteiger charge is 2.29. The second-order valence-electron chi connectivity index (χ2n) is 6.72. The average molecular weight is 326 g/mol. The summed E-state index contributed by atoms with van der Waals surface area (Å²) >= 11 is 0. The highest BCUT2D eigenvalue weighted by atomic mass is 16.6. The second-order valence-corrected chi connectivity index (χ2v) is 6.72. The van der Waals surface area contributed by atoms with Crippen molar-refractivity contribution in [3.8, 4) is 6.07 Å². The van der Waals surface area contributed by atoms with Gasteiger partial charge in [0, 0.05) is 5.69 Å². The molecule has 1 aliphatic rings. The van der Waals surface area contributed by atoms with Crippen molar-refractivity contribution < 1.29 is 14.3 Å². The lowest BCUT2D eigenvalue weighted by Gasteiger charge is -2.22. The number of imide groups is 1. The number of rotatable bonds is 2. The Morgan fingerprint density at radius 2 is 2.17 bits per heavy atom. The molecule has 3 rings (SSSR count). The molecule has 0 unspecified atom stereocenters. The van der Waals surface area contributed by atoms with Gasteiger partial charge in [0.05, 0.1) is 5.52 Å². The van der Waals surface area contributed by atoms with E-state index in [0.717, 1.165) is 29.9 Å². The normalized spacial score (nSPS) is 13.4. The zero-order chi connectivity index (χ0) is 17.5. The number of hydrogen-bond donors (Lipinski definition) is 0. The number of nitrogens with zero attached hydrogens (tertiary/aromatic N) is 4. The molecule has 0 saturated carbocycles. The number of nitriles is 1. The van der Waals surface area contributed by atoms with E-state index in [1.54, 1.807) is 31.4 Å². The van der Waals surface area contributed by atoms with Crippen LogP contribution in [0, 0.1) is 11.3 Å². The molecule has 24 heavy (non-hydrogen) atoms. The first-order valence-corrected chi connectivity index (χ1v) is 7.77. The predicted molar refractivity (Wildman–Crippen MR) is 86.7 cm³/mol. The standard InChI is InChI=1S/C17H18N4O3/c1-17(2,3)24-16(23)20(10-22)15-12(9-18)14-8-7-11-5-4-6-13(11)21(14)19-15/h7-8,10H,4-6H2,1-3H3. The topological polar surface area (TPSA) is 87.7 Å². The number of aromatic nitrogens is 2. The quantitative estimate of drug-likeness (QED) is 0.792. The molecule has 2 amide bonds. The number of carbonyl (C=O) groups is 2. The molecule has 2 heterocycles. The largest absolute Gasteiger partial charge is 0.443 e. The summed E-state index contributed by atoms with van der Waals surface area (Å²) in [7, 11) is 0. The fourth-order valence-corrected chi connectivity index (χ4v) is 2.90. The van der Waals surface area contributed by atoms with Gasteiger partial charge in [-0.05, 0) is 51.7 Å². The van der Waals surface area contributed by atoms with Crippen molar-refractivity contribution in [1.82, 2.24) is 9.61 Å². The van der Waals surface area contributed by atoms with E-state index in [2.05, 4.69) is 11.2 Å². The molecule has 7 nitrogen and oxygen atoms in total. The molecule has 2 aromatic rings. The van der Waals surface area contributed by atoms with Crippen molar-refractivity contribution in [2.75, 3.05) is 4.90 Å². The summed E-state index contributed by atoms with van der Waals surface area (Å²) in [6, 6.07) is 5.83. The summed E-state index contributed by atoms with van der Waals surface area (Å²) in [5.41, 5.74) is 2.21. The van der Waals surface area contributed by atoms with Crippen molar-refractivity contribution >= 4 is 23.8 Å². The van der Waals surface area contributed by atoms with E-state index < -0.39 is 11.7 Å². The molecule has 0 bridgehead atoms. The van der Waals surface area contributed by atoms with Gasteiger partial charge in [0.1, 0.15) is 17.2 Å². The zero-order valence-corrected chi connectivity index (χ0v) is 13.9. The minimum atomic E-state index is -0.853. The van der Waals surface area contributed by atoms with E-state index in [9.17, 15) is 14.9 Å². The fourth-order valence-electron chi connectivity index (χ4n) is 2.90. The van der Waals surface area contributed by atoms with Crippen molar-refractivity contribution in [1.29, 1.82) is 5.26 Å². The van der Waals surface area contributed by atoms with Gasteiger partial charge in [-0.25, -0.2) is 9.31 Å². The smallest absolute Gasteiger partial charge is 0.422 e. The van der Waals surface area contributed by atoms with Crippen LogP contribution < -0.4 is 4.90 Å². The van der Waals surface area contributed by atoms with Crippen molar-refractivity contribution in [3.05, 3.63) is 29.0 Å². The fraction of sp³-hybridized carbons (Fsp3) is 0.412. The van der Waals surface area contributed by atoms with E-state index in [-0.39, 0.29) is 11.4 Å². The number of fused-ring (bicyclic) bond motifs is 3. The van der Waals surface area contributed by atoms with Crippen molar-refractivity contribution in [2.24, 2.45) is 0 Å². The lowest BCUT2D eigenvalue weighted by Crippen LogP contribution is -2.36. The maximum Gasteiger partial charge on any atom is 0.422 e. The molecular formula is C17H18N4O3. The van der Waals surface area contributed by atoms with Gasteiger partial charge in [-0.15, -0.1) is 5.10 Å². The summed E-state index contributed by atoms with van der Waals surface area (Å²) in [4.78, 5) is 24.5. The highest BCUT2D eigenvalue weighted by Crippen LogP contribution is 2.29. The second kappa shape index (κ2) is 5.64. The molecule has 0 radical (unpaired) electrons. The van der Waals surface area contributed by atoms with Crippen LogP contribution in [0.15, 0.2) is 12.1 Å². The Hall–Kier alpha value is -2.88. The first-order valence-electron chi connectivity index (χ1n) is 7.77. The van der Waals surface area contributed by atoms with Gasteiger partial charge < -0.3 is 4.74 Å². The maximum absolute atomic E-state index is 12.3. The van der Waals surface area contributed by atoms with Gasteiger partial charge in [0.2, 0.25) is 6.41 Å². The highest BCUT2D eigenvalue weighted by molar-refractivity contribution is 6.04. The Morgan fingerprint density at radius 3 is 2.79 bits per heavy atom. The van der Waals surface area contributed by atoms with Crippen LogP contribution in [0.5, 0.6) is 0 Å². The lowest BCUT2D eigenvalue weighted by molar-refractivity contribution is -0.107. The van der Waals surface area contributed by atoms with Crippen LogP contribution in [0.2, 0.25) is 0 Å². The first kappa shape index (κ1) is 16.0. The maximum atomic E-state index is 12.3. The minimum Gasteiger partial charge on any atom is -0.443 e. The Bertz CT molecular complexity index is 871. The molecule has 0 saturated heterocycles. The van der Waals surface area contributed by atoms with Crippen LogP contribution in [0.1, 0.15) is 44.0 Å². The number of aryl methyl sites for hydroxylation is 2. The van der Waals surface area contributed by atoms with Gasteiger partial charge in [0.15, 0.2) is 5.82 Å². The molecule has 0 spiro atoms. The third-order valence-corrected chi connectivity index (χ3v) is 3.87. The van der Waals surface area contributed by atoms with Crippen LogP contribution >= 0.6 is 0 Å². The van der Waals surface area contributed by atoms with Crippen molar-refractivity contribution in [2.45, 2.75) is 45.6 Å². The number of amides is 2. The number of hydrogen-bond acceptors (Lipinski definition) is 5. The third kappa shape index (κ3) is 2.60. The molecule has 7 heteroatoms. The van der Waals surface area contributed by atoms with Gasteiger partial charge in [-0.2, -0.15) is 10.2 Å². The summed E-state index contributed by atoms with van der Waals surface area (Å²) in [6.07, 6.45) is 2.32. The van der Waals surface area contributed by atoms with Crippen molar-refractivity contribution in [3.63, 3.8) is 0 Å². The van der Waals surface area contributed by atoms with Crippen LogP contribution in [0.4, 0.5) is 10.6 Å². The predicted octanol–water partition coefficient (Wildman–Crippen LogP) is 2.59. The van der Waals surface area contributed by atoms with Gasteiger partial charge in [0.25, 0.3) is 0 Å². The summed E-state index contributed by atoms with van der Waals surface area (Å²) in [5, 5.41) is 13.9. The average Bonchev–Trinajstić information content (AvgIpc) is 3.09. The van der Waals surface area contributed by atoms with Gasteiger partial charge >= 0.3 is 6.09 Å². The first-order chi connectivity index (χ1) is 11.4. The van der Waals surface area contributed by atoms with E-state index in [0.29, 0.717) is 11.9 Å². The van der Waals surface area contributed by atoms with Gasteiger partial charge in [-0.1, -0.05) is 6.07 Å².